The van der Waals surface area contributed by atoms with Crippen LogP contribution in [0.2, 0.25) is 0 Å². The van der Waals surface area contributed by atoms with Crippen molar-refractivity contribution in [2.24, 2.45) is 10.9 Å². The number of anilines is 1. The fourth-order valence-electron chi connectivity index (χ4n) is 3.18. The smallest absolute Gasteiger partial charge is 0.352 e. The first-order valence-electron chi connectivity index (χ1n) is 9.99. The molecular formula is C17H19N9O5S4. The largest absolute Gasteiger partial charge is 0.477 e. The van der Waals surface area contributed by atoms with Crippen molar-refractivity contribution in [2.75, 3.05) is 23.8 Å². The van der Waals surface area contributed by atoms with Gasteiger partial charge in [-0.15, -0.1) is 22.0 Å². The van der Waals surface area contributed by atoms with E-state index in [9.17, 15) is 19.5 Å². The highest BCUT2D eigenvalue weighted by Gasteiger charge is 2.54. The van der Waals surface area contributed by atoms with Crippen molar-refractivity contribution in [2.45, 2.75) is 29.2 Å². The predicted molar refractivity (Wildman–Crippen MR) is 131 cm³/mol. The maximum Gasteiger partial charge on any atom is 0.352 e. The summed E-state index contributed by atoms with van der Waals surface area (Å²) in [5.41, 5.74) is 11.4. The van der Waals surface area contributed by atoms with Crippen LogP contribution in [0.25, 0.3) is 0 Å². The molecule has 6 N–H and O–H groups in total. The Morgan fingerprint density at radius 3 is 2.83 bits per heavy atom. The molecule has 1 saturated heterocycles. The van der Waals surface area contributed by atoms with Gasteiger partial charge >= 0.3 is 5.97 Å². The number of fused-ring (bicyclic) bond motifs is 1. The Labute approximate surface area is 214 Å². The van der Waals surface area contributed by atoms with Gasteiger partial charge in [0.25, 0.3) is 11.8 Å². The zero-order valence-corrected chi connectivity index (χ0v) is 21.3. The number of aliphatic carboxylic acids is 1. The summed E-state index contributed by atoms with van der Waals surface area (Å²) in [6.45, 7) is 2.16. The molecule has 0 radical (unpaired) electrons. The number of nitrogen functional groups attached to an aromatic ring is 1. The fourth-order valence-corrected chi connectivity index (χ4v) is 6.87. The molecule has 0 spiro atoms. The number of carbonyl (C=O) groups is 3. The topological polar surface area (TPSA) is 212 Å². The first-order valence-corrected chi connectivity index (χ1v) is 13.6. The molecule has 2 atom stereocenters. The number of thioether (sulfide) groups is 2. The van der Waals surface area contributed by atoms with Crippen molar-refractivity contribution in [1.82, 2.24) is 29.8 Å². The Morgan fingerprint density at radius 1 is 1.40 bits per heavy atom. The minimum absolute atomic E-state index is 0.0294. The molecule has 186 valence electrons. The van der Waals surface area contributed by atoms with Gasteiger partial charge in [0.2, 0.25) is 11.5 Å². The third kappa shape index (κ3) is 5.25. The van der Waals surface area contributed by atoms with E-state index >= 15 is 0 Å². The molecule has 35 heavy (non-hydrogen) atoms. The first-order chi connectivity index (χ1) is 16.8. The van der Waals surface area contributed by atoms with Crippen LogP contribution in [0.4, 0.5) is 5.13 Å². The SMILES string of the molecule is CCON=C(C(=O)NC1C(=O)N2C(C(=O)O)=C(CSc3nnc(CN)s3)CS[C@@H]12)c1nsc(N)n1. The summed E-state index contributed by atoms with van der Waals surface area (Å²) in [7, 11) is 0. The molecular weight excluding hydrogens is 539 g/mol. The first kappa shape index (κ1) is 25.3. The van der Waals surface area contributed by atoms with E-state index < -0.39 is 29.2 Å². The Balaban J connectivity index is 1.48. The third-order valence-electron chi connectivity index (χ3n) is 4.68. The number of nitrogens with zero attached hydrogens (tertiary/aromatic N) is 6. The predicted octanol–water partition coefficient (Wildman–Crippen LogP) is -0.298. The fraction of sp³-hybridized carbons (Fsp3) is 0.412. The summed E-state index contributed by atoms with van der Waals surface area (Å²) in [5.74, 6) is -1.84. The van der Waals surface area contributed by atoms with Crippen LogP contribution in [0.15, 0.2) is 20.8 Å². The average molecular weight is 558 g/mol. The number of carboxylic acids is 1. The van der Waals surface area contributed by atoms with Crippen LogP contribution in [-0.2, 0) is 25.8 Å². The van der Waals surface area contributed by atoms with E-state index in [-0.39, 0.29) is 35.5 Å². The lowest BCUT2D eigenvalue weighted by Gasteiger charge is -2.49. The number of aromatic nitrogens is 4. The van der Waals surface area contributed by atoms with E-state index in [1.54, 1.807) is 6.92 Å². The number of nitrogens with one attached hydrogen (secondary N) is 1. The van der Waals surface area contributed by atoms with Gasteiger partial charge in [-0.05, 0) is 12.5 Å². The van der Waals surface area contributed by atoms with Crippen molar-refractivity contribution in [3.63, 3.8) is 0 Å². The van der Waals surface area contributed by atoms with Crippen LogP contribution in [-0.4, -0.2) is 82.6 Å². The number of amides is 2. The molecule has 0 aliphatic carbocycles. The van der Waals surface area contributed by atoms with E-state index in [1.165, 1.54) is 39.8 Å². The van der Waals surface area contributed by atoms with Crippen molar-refractivity contribution in [1.29, 1.82) is 0 Å². The minimum atomic E-state index is -1.22. The highest BCUT2D eigenvalue weighted by molar-refractivity contribution is 8.01. The van der Waals surface area contributed by atoms with E-state index in [0.717, 1.165) is 11.5 Å². The maximum absolute atomic E-state index is 12.9. The molecule has 1 unspecified atom stereocenters. The van der Waals surface area contributed by atoms with Crippen LogP contribution in [0.5, 0.6) is 0 Å². The van der Waals surface area contributed by atoms with Gasteiger partial charge < -0.3 is 26.7 Å². The van der Waals surface area contributed by atoms with Gasteiger partial charge in [-0.2, -0.15) is 9.36 Å². The second-order valence-electron chi connectivity index (χ2n) is 6.89. The quantitative estimate of drug-likeness (QED) is 0.128. The average Bonchev–Trinajstić information content (AvgIpc) is 3.49. The molecule has 1 fully saturated rings. The number of hydrogen-bond acceptors (Lipinski definition) is 15. The molecule has 2 amide bonds. The zero-order chi connectivity index (χ0) is 25.1. The molecule has 0 saturated carbocycles. The van der Waals surface area contributed by atoms with Gasteiger partial charge in [-0.1, -0.05) is 28.3 Å². The van der Waals surface area contributed by atoms with Crippen LogP contribution in [0.3, 0.4) is 0 Å². The Hall–Kier alpha value is -2.80. The summed E-state index contributed by atoms with van der Waals surface area (Å²) < 4.78 is 4.63. The van der Waals surface area contributed by atoms with E-state index in [1.807, 2.05) is 0 Å². The van der Waals surface area contributed by atoms with E-state index in [4.69, 9.17) is 16.3 Å². The number of β-lactam (4-membered cyclic amide) rings is 1. The van der Waals surface area contributed by atoms with Crippen molar-refractivity contribution < 1.29 is 24.3 Å². The number of rotatable bonds is 10. The summed E-state index contributed by atoms with van der Waals surface area (Å²) in [5, 5.41) is 24.4. The van der Waals surface area contributed by atoms with Crippen molar-refractivity contribution in [3.8, 4) is 0 Å². The molecule has 0 aromatic carbocycles. The number of nitrogens with two attached hydrogens (primary N) is 2. The number of carbonyl (C=O) groups excluding carboxylic acids is 2. The summed E-state index contributed by atoms with van der Waals surface area (Å²) >= 11 is 4.90. The standard InChI is InChI=1S/C17H19N9O5S4/c1-2-31-24-8(11-21-16(19)35-25-11)12(27)20-9-13(28)26-10(15(29)30)6(4-32-14(9)26)5-33-17-23-22-7(3-18)34-17/h9,14H,2-5,18H2,1H3,(H,20,27)(H,29,30)(H2,19,21,25)/t9?,14-/m0/s1. The van der Waals surface area contributed by atoms with Gasteiger partial charge in [0.15, 0.2) is 9.47 Å². The molecule has 2 aliphatic rings. The van der Waals surface area contributed by atoms with Crippen LogP contribution < -0.4 is 16.8 Å². The van der Waals surface area contributed by atoms with Crippen LogP contribution >= 0.6 is 46.4 Å². The van der Waals surface area contributed by atoms with Gasteiger partial charge in [0.05, 0.1) is 0 Å². The highest BCUT2D eigenvalue weighted by Crippen LogP contribution is 2.41. The molecule has 4 heterocycles. The van der Waals surface area contributed by atoms with Gasteiger partial charge in [0, 0.05) is 29.6 Å². The Bertz CT molecular complexity index is 1210. The lowest BCUT2D eigenvalue weighted by molar-refractivity contribution is -0.150. The normalized spacial score (nSPS) is 19.9. The molecule has 2 aromatic heterocycles. The van der Waals surface area contributed by atoms with Crippen LogP contribution in [0.1, 0.15) is 17.8 Å². The zero-order valence-electron chi connectivity index (χ0n) is 18.0. The van der Waals surface area contributed by atoms with Gasteiger partial charge in [-0.25, -0.2) is 4.79 Å². The molecule has 14 nitrogen and oxygen atoms in total. The molecule has 0 bridgehead atoms. The van der Waals surface area contributed by atoms with Gasteiger partial charge in [-0.3, -0.25) is 14.5 Å². The highest BCUT2D eigenvalue weighted by atomic mass is 32.2. The van der Waals surface area contributed by atoms with E-state index in [0.29, 0.717) is 26.4 Å². The Kier molecular flexibility index (Phi) is 7.85. The monoisotopic (exact) mass is 557 g/mol. The van der Waals surface area contributed by atoms with Crippen molar-refractivity contribution >= 4 is 75.0 Å². The third-order valence-corrected chi connectivity index (χ3v) is 8.73. The number of oxime groups is 1. The molecule has 2 aromatic rings. The second-order valence-corrected chi connectivity index (χ2v) is 11.1. The molecule has 18 heteroatoms. The summed E-state index contributed by atoms with van der Waals surface area (Å²) in [6.07, 6.45) is 0. The summed E-state index contributed by atoms with van der Waals surface area (Å²) in [6, 6.07) is -0.950. The second kappa shape index (κ2) is 10.9. The van der Waals surface area contributed by atoms with Crippen LogP contribution in [0, 0.1) is 0 Å². The lowest BCUT2D eigenvalue weighted by Crippen LogP contribution is -2.71. The Morgan fingerprint density at radius 2 is 2.20 bits per heavy atom. The van der Waals surface area contributed by atoms with Crippen molar-refractivity contribution in [3.05, 3.63) is 22.1 Å². The summed E-state index contributed by atoms with van der Waals surface area (Å²) in [4.78, 5) is 48.0. The number of carboxylic acid groups (broad SMARTS) is 1. The van der Waals surface area contributed by atoms with E-state index in [2.05, 4.69) is 30.0 Å². The molecule has 4 rings (SSSR count). The minimum Gasteiger partial charge on any atom is -0.477 e. The number of hydrogen-bond donors (Lipinski definition) is 4. The maximum atomic E-state index is 12.9. The van der Waals surface area contributed by atoms with Gasteiger partial charge in [0.1, 0.15) is 28.7 Å². The molecule has 2 aliphatic heterocycles. The lowest BCUT2D eigenvalue weighted by atomic mass is 10.0.